The van der Waals surface area contributed by atoms with Gasteiger partial charge in [0.05, 0.1) is 38.6 Å². The van der Waals surface area contributed by atoms with Gasteiger partial charge in [-0.25, -0.2) is 19.2 Å². The average molecular weight is 506 g/mol. The van der Waals surface area contributed by atoms with Gasteiger partial charge in [0, 0.05) is 0 Å². The number of hydrogen-bond donors (Lipinski definition) is 2. The van der Waals surface area contributed by atoms with E-state index in [-0.39, 0.29) is 47.3 Å². The maximum Gasteiger partial charge on any atom is 0.352 e. The Morgan fingerprint density at radius 2 is 1.06 bits per heavy atom. The van der Waals surface area contributed by atoms with Crippen molar-refractivity contribution in [1.29, 1.82) is 0 Å². The SMILES string of the molecule is CCOC(=O)[C@@H](OC(=O)c1ccc(OC)c(O)c1)[C@H](OC(=O)c1ccc(OC)c(O)c1)C(=O)OCC. The van der Waals surface area contributed by atoms with Gasteiger partial charge in [0.25, 0.3) is 0 Å². The van der Waals surface area contributed by atoms with Crippen molar-refractivity contribution in [3.63, 3.8) is 0 Å². The largest absolute Gasteiger partial charge is 0.504 e. The molecule has 0 amide bonds. The minimum Gasteiger partial charge on any atom is -0.504 e. The van der Waals surface area contributed by atoms with Crippen LogP contribution < -0.4 is 9.47 Å². The Balaban J connectivity index is 2.40. The van der Waals surface area contributed by atoms with E-state index in [1.165, 1.54) is 52.3 Å². The van der Waals surface area contributed by atoms with Crippen molar-refractivity contribution in [2.24, 2.45) is 0 Å². The summed E-state index contributed by atoms with van der Waals surface area (Å²) in [4.78, 5) is 50.8. The monoisotopic (exact) mass is 506 g/mol. The van der Waals surface area contributed by atoms with E-state index in [9.17, 15) is 29.4 Å². The Morgan fingerprint density at radius 1 is 0.694 bits per heavy atom. The lowest BCUT2D eigenvalue weighted by Gasteiger charge is -2.24. The molecule has 194 valence electrons. The second kappa shape index (κ2) is 12.8. The van der Waals surface area contributed by atoms with Crippen LogP contribution in [0.4, 0.5) is 0 Å². The molecule has 0 aliphatic carbocycles. The molecule has 0 unspecified atom stereocenters. The number of ether oxygens (including phenoxy) is 6. The van der Waals surface area contributed by atoms with Crippen LogP contribution in [0, 0.1) is 0 Å². The normalized spacial score (nSPS) is 12.0. The van der Waals surface area contributed by atoms with E-state index in [0.717, 1.165) is 12.1 Å². The van der Waals surface area contributed by atoms with E-state index in [4.69, 9.17) is 28.4 Å². The number of phenols is 2. The third-order valence-electron chi connectivity index (χ3n) is 4.61. The predicted octanol–water partition coefficient (Wildman–Crippen LogP) is 1.99. The minimum atomic E-state index is -2.06. The third-order valence-corrected chi connectivity index (χ3v) is 4.61. The lowest BCUT2D eigenvalue weighted by Crippen LogP contribution is -2.47. The van der Waals surface area contributed by atoms with Gasteiger partial charge in [-0.05, 0) is 50.2 Å². The van der Waals surface area contributed by atoms with Crippen LogP contribution in [0.3, 0.4) is 0 Å². The molecule has 12 heteroatoms. The highest BCUT2D eigenvalue weighted by molar-refractivity contribution is 5.96. The van der Waals surface area contributed by atoms with E-state index in [0.29, 0.717) is 0 Å². The molecule has 0 saturated heterocycles. The van der Waals surface area contributed by atoms with E-state index in [1.54, 1.807) is 0 Å². The van der Waals surface area contributed by atoms with Gasteiger partial charge >= 0.3 is 23.9 Å². The van der Waals surface area contributed by atoms with Gasteiger partial charge in [-0.1, -0.05) is 0 Å². The quantitative estimate of drug-likeness (QED) is 0.337. The summed E-state index contributed by atoms with van der Waals surface area (Å²) < 4.78 is 30.0. The van der Waals surface area contributed by atoms with Crippen molar-refractivity contribution < 1.29 is 57.8 Å². The molecular weight excluding hydrogens is 480 g/mol. The molecular formula is C24H26O12. The van der Waals surface area contributed by atoms with Crippen LogP contribution in [0.1, 0.15) is 34.6 Å². The van der Waals surface area contributed by atoms with E-state index in [1.807, 2.05) is 0 Å². The van der Waals surface area contributed by atoms with Crippen LogP contribution in [0.2, 0.25) is 0 Å². The molecule has 0 heterocycles. The highest BCUT2D eigenvalue weighted by atomic mass is 16.6. The molecule has 0 saturated carbocycles. The second-order valence-corrected chi connectivity index (χ2v) is 6.93. The van der Waals surface area contributed by atoms with Crippen molar-refractivity contribution in [1.82, 2.24) is 0 Å². The number of carbonyl (C=O) groups is 4. The van der Waals surface area contributed by atoms with Crippen LogP contribution in [0.5, 0.6) is 23.0 Å². The topological polar surface area (TPSA) is 164 Å². The van der Waals surface area contributed by atoms with Gasteiger partial charge in [0.2, 0.25) is 12.2 Å². The average Bonchev–Trinajstić information content (AvgIpc) is 2.85. The van der Waals surface area contributed by atoms with Gasteiger partial charge in [-0.3, -0.25) is 0 Å². The van der Waals surface area contributed by atoms with Crippen LogP contribution in [-0.4, -0.2) is 73.7 Å². The first-order chi connectivity index (χ1) is 17.2. The molecule has 36 heavy (non-hydrogen) atoms. The van der Waals surface area contributed by atoms with Gasteiger partial charge in [0.1, 0.15) is 0 Å². The molecule has 0 spiro atoms. The predicted molar refractivity (Wildman–Crippen MR) is 121 cm³/mol. The summed E-state index contributed by atoms with van der Waals surface area (Å²) in [7, 11) is 2.62. The molecule has 2 aromatic rings. The Morgan fingerprint density at radius 3 is 1.33 bits per heavy atom. The zero-order valence-corrected chi connectivity index (χ0v) is 20.0. The number of esters is 4. The van der Waals surface area contributed by atoms with E-state index < -0.39 is 36.1 Å². The second-order valence-electron chi connectivity index (χ2n) is 6.93. The number of methoxy groups -OCH3 is 2. The lowest BCUT2D eigenvalue weighted by molar-refractivity contribution is -0.173. The summed E-state index contributed by atoms with van der Waals surface area (Å²) in [6, 6.07) is 7.10. The zero-order chi connectivity index (χ0) is 26.8. The summed E-state index contributed by atoms with van der Waals surface area (Å²) in [5.41, 5.74) is -0.395. The van der Waals surface area contributed by atoms with Crippen LogP contribution >= 0.6 is 0 Å². The van der Waals surface area contributed by atoms with Crippen molar-refractivity contribution in [2.75, 3.05) is 27.4 Å². The van der Waals surface area contributed by atoms with Gasteiger partial charge < -0.3 is 38.6 Å². The molecule has 0 bridgehead atoms. The summed E-state index contributed by atoms with van der Waals surface area (Å²) in [6.07, 6.45) is -4.12. The zero-order valence-electron chi connectivity index (χ0n) is 20.0. The maximum atomic E-state index is 12.8. The van der Waals surface area contributed by atoms with Crippen molar-refractivity contribution in [3.05, 3.63) is 47.5 Å². The highest BCUT2D eigenvalue weighted by Gasteiger charge is 2.43. The Labute approximate surface area is 206 Å². The molecule has 2 atom stereocenters. The van der Waals surface area contributed by atoms with E-state index >= 15 is 0 Å². The summed E-state index contributed by atoms with van der Waals surface area (Å²) in [5.74, 6) is -5.26. The summed E-state index contributed by atoms with van der Waals surface area (Å²) in [5, 5.41) is 19.9. The first-order valence-corrected chi connectivity index (χ1v) is 10.7. The summed E-state index contributed by atoms with van der Waals surface area (Å²) in [6.45, 7) is 2.66. The fraction of sp³-hybridized carbons (Fsp3) is 0.333. The Kier molecular flexibility index (Phi) is 9.90. The number of rotatable bonds is 11. The number of benzene rings is 2. The minimum absolute atomic E-state index is 0.0783. The van der Waals surface area contributed by atoms with Crippen molar-refractivity contribution in [2.45, 2.75) is 26.1 Å². The van der Waals surface area contributed by atoms with Crippen LogP contribution in [0.15, 0.2) is 36.4 Å². The molecule has 0 radical (unpaired) electrons. The van der Waals surface area contributed by atoms with Gasteiger partial charge in [-0.2, -0.15) is 0 Å². The molecule has 0 aliphatic heterocycles. The van der Waals surface area contributed by atoms with Gasteiger partial charge in [-0.15, -0.1) is 0 Å². The number of hydrogen-bond acceptors (Lipinski definition) is 12. The molecule has 2 N–H and O–H groups in total. The third kappa shape index (κ3) is 6.78. The number of phenolic OH excluding ortho intramolecular Hbond substituents is 2. The highest BCUT2D eigenvalue weighted by Crippen LogP contribution is 2.28. The molecule has 12 nitrogen and oxygen atoms in total. The van der Waals surface area contributed by atoms with Crippen LogP contribution in [0.25, 0.3) is 0 Å². The molecule has 2 aromatic carbocycles. The van der Waals surface area contributed by atoms with E-state index in [2.05, 4.69) is 0 Å². The maximum absolute atomic E-state index is 12.8. The first-order valence-electron chi connectivity index (χ1n) is 10.7. The number of aromatic hydroxyl groups is 2. The number of carbonyl (C=O) groups excluding carboxylic acids is 4. The Hall–Kier alpha value is -4.48. The molecule has 0 aliphatic rings. The molecule has 2 rings (SSSR count). The van der Waals surface area contributed by atoms with Crippen molar-refractivity contribution in [3.8, 4) is 23.0 Å². The fourth-order valence-corrected chi connectivity index (χ4v) is 2.92. The summed E-state index contributed by atoms with van der Waals surface area (Å²) >= 11 is 0. The molecule has 0 aromatic heterocycles. The lowest BCUT2D eigenvalue weighted by atomic mass is 10.1. The standard InChI is InChI=1S/C24H26O12/c1-5-33-23(29)19(35-21(27)13-7-9-17(31-3)15(25)11-13)20(24(30)34-6-2)36-22(28)14-8-10-18(32-4)16(26)12-14/h7-12,19-20,25-26H,5-6H2,1-4H3/t19-,20-/m0/s1. The first kappa shape index (κ1) is 27.8. The Bertz CT molecular complexity index is 1020. The smallest absolute Gasteiger partial charge is 0.352 e. The fourth-order valence-electron chi connectivity index (χ4n) is 2.92. The van der Waals surface area contributed by atoms with Gasteiger partial charge in [0.15, 0.2) is 23.0 Å². The van der Waals surface area contributed by atoms with Crippen LogP contribution in [-0.2, 0) is 28.5 Å². The molecule has 0 fully saturated rings. The van der Waals surface area contributed by atoms with Crippen molar-refractivity contribution >= 4 is 23.9 Å².